The monoisotopic (exact) mass is 424 g/mol. The molecule has 8 nitrogen and oxygen atoms in total. The number of benzene rings is 1. The predicted octanol–water partition coefficient (Wildman–Crippen LogP) is 1.78. The second-order valence-electron chi connectivity index (χ2n) is 7.03. The fraction of sp³-hybridized carbons (Fsp3) is 0.600. The molecule has 0 aromatic heterocycles. The third kappa shape index (κ3) is 8.31. The molecule has 0 saturated carbocycles. The number of hydrogen-bond donors (Lipinski definition) is 2. The zero-order chi connectivity index (χ0) is 21.1. The van der Waals surface area contributed by atoms with Crippen molar-refractivity contribution in [1.29, 1.82) is 0 Å². The van der Waals surface area contributed by atoms with E-state index in [9.17, 15) is 13.2 Å². The highest BCUT2D eigenvalue weighted by molar-refractivity contribution is 7.90. The zero-order valence-corrected chi connectivity index (χ0v) is 18.1. The number of guanidine groups is 1. The molecule has 1 aromatic rings. The van der Waals surface area contributed by atoms with Crippen LogP contribution in [0.3, 0.4) is 0 Å². The molecule has 9 heteroatoms. The lowest BCUT2D eigenvalue weighted by atomic mass is 10.1. The highest BCUT2D eigenvalue weighted by atomic mass is 32.2. The third-order valence-electron chi connectivity index (χ3n) is 4.74. The van der Waals surface area contributed by atoms with Gasteiger partial charge in [-0.1, -0.05) is 30.3 Å². The number of hydrogen-bond acceptors (Lipinski definition) is 5. The maximum Gasteiger partial charge on any atom is 0.409 e. The van der Waals surface area contributed by atoms with Gasteiger partial charge in [0.15, 0.2) is 15.8 Å². The van der Waals surface area contributed by atoms with Gasteiger partial charge in [-0.2, -0.15) is 0 Å². The van der Waals surface area contributed by atoms with Crippen molar-refractivity contribution in [3.8, 4) is 0 Å². The normalized spacial score (nSPS) is 15.8. The van der Waals surface area contributed by atoms with Gasteiger partial charge in [0.1, 0.15) is 0 Å². The molecule has 2 N–H and O–H groups in total. The van der Waals surface area contributed by atoms with E-state index in [2.05, 4.69) is 15.6 Å². The first kappa shape index (κ1) is 23.0. The number of aliphatic imine (C=N–C) groups is 1. The Labute approximate surface area is 173 Å². The fourth-order valence-electron chi connectivity index (χ4n) is 3.21. The molecule has 0 spiro atoms. The largest absolute Gasteiger partial charge is 0.450 e. The Morgan fingerprint density at radius 2 is 1.93 bits per heavy atom. The van der Waals surface area contributed by atoms with Crippen molar-refractivity contribution in [1.82, 2.24) is 15.5 Å². The molecule has 29 heavy (non-hydrogen) atoms. The predicted molar refractivity (Wildman–Crippen MR) is 115 cm³/mol. The average Bonchev–Trinajstić information content (AvgIpc) is 2.71. The highest BCUT2D eigenvalue weighted by Crippen LogP contribution is 2.11. The summed E-state index contributed by atoms with van der Waals surface area (Å²) < 4.78 is 29.5. The Balaban J connectivity index is 1.67. The van der Waals surface area contributed by atoms with E-state index >= 15 is 0 Å². The lowest BCUT2D eigenvalue weighted by Gasteiger charge is -2.32. The van der Waals surface area contributed by atoms with E-state index in [0.717, 1.165) is 18.4 Å². The molecule has 1 aliphatic rings. The number of carbonyl (C=O) groups excluding carboxylic acids is 1. The van der Waals surface area contributed by atoms with Gasteiger partial charge in [-0.05, 0) is 31.7 Å². The van der Waals surface area contributed by atoms with Crippen molar-refractivity contribution in [2.45, 2.75) is 38.0 Å². The summed E-state index contributed by atoms with van der Waals surface area (Å²) in [6.07, 6.45) is 1.87. The Morgan fingerprint density at radius 1 is 1.24 bits per heavy atom. The molecule has 0 radical (unpaired) electrons. The summed E-state index contributed by atoms with van der Waals surface area (Å²) in [5.41, 5.74) is 0.812. The van der Waals surface area contributed by atoms with Crippen LogP contribution in [0.1, 0.15) is 31.7 Å². The van der Waals surface area contributed by atoms with E-state index in [4.69, 9.17) is 4.74 Å². The molecule has 2 rings (SSSR count). The minimum absolute atomic E-state index is 0.0693. The number of sulfone groups is 1. The van der Waals surface area contributed by atoms with E-state index in [1.54, 1.807) is 18.9 Å². The molecule has 162 valence electrons. The second kappa shape index (κ2) is 11.6. The Hall–Kier alpha value is -2.29. The molecule has 1 aliphatic heterocycles. The van der Waals surface area contributed by atoms with Gasteiger partial charge < -0.3 is 20.3 Å². The summed E-state index contributed by atoms with van der Waals surface area (Å²) in [6, 6.07) is 9.44. The Bertz CT molecular complexity index is 760. The molecule has 0 aliphatic carbocycles. The van der Waals surface area contributed by atoms with Gasteiger partial charge in [0.25, 0.3) is 0 Å². The quantitative estimate of drug-likeness (QED) is 0.375. The molecule has 1 fully saturated rings. The van der Waals surface area contributed by atoms with Gasteiger partial charge in [-0.15, -0.1) is 0 Å². The summed E-state index contributed by atoms with van der Waals surface area (Å²) in [4.78, 5) is 17.7. The van der Waals surface area contributed by atoms with Crippen LogP contribution in [0.15, 0.2) is 35.3 Å². The van der Waals surface area contributed by atoms with Crippen LogP contribution in [-0.4, -0.2) is 70.5 Å². The van der Waals surface area contributed by atoms with Crippen molar-refractivity contribution in [3.63, 3.8) is 0 Å². The molecule has 1 aromatic carbocycles. The van der Waals surface area contributed by atoms with Crippen molar-refractivity contribution in [3.05, 3.63) is 35.9 Å². The van der Waals surface area contributed by atoms with Crippen molar-refractivity contribution in [2.24, 2.45) is 4.99 Å². The first-order chi connectivity index (χ1) is 13.9. The molecular formula is C20H32N4O4S. The molecule has 0 unspecified atom stereocenters. The van der Waals surface area contributed by atoms with Gasteiger partial charge >= 0.3 is 6.09 Å². The van der Waals surface area contributed by atoms with Crippen molar-refractivity contribution in [2.75, 3.05) is 39.0 Å². The van der Waals surface area contributed by atoms with E-state index in [1.807, 2.05) is 30.3 Å². The summed E-state index contributed by atoms with van der Waals surface area (Å²) in [5, 5.41) is 6.52. The summed E-state index contributed by atoms with van der Waals surface area (Å²) in [5.74, 6) is 0.851. The topological polar surface area (TPSA) is 100 Å². The third-order valence-corrected chi connectivity index (χ3v) is 6.42. The van der Waals surface area contributed by atoms with Crippen LogP contribution in [0.5, 0.6) is 0 Å². The average molecular weight is 425 g/mol. The Kier molecular flexibility index (Phi) is 9.24. The molecule has 0 bridgehead atoms. The van der Waals surface area contributed by atoms with Gasteiger partial charge in [-0.3, -0.25) is 4.99 Å². The fourth-order valence-corrected chi connectivity index (χ4v) is 4.64. The second-order valence-corrected chi connectivity index (χ2v) is 9.22. The summed E-state index contributed by atoms with van der Waals surface area (Å²) in [6.45, 7) is 4.00. The molecule has 1 saturated heterocycles. The standard InChI is InChI=1S/C20H32N4O4S/c1-3-28-20(25)24-13-10-18(11-14-24)23-19(21-2)22-12-7-15-29(26,27)16-17-8-5-4-6-9-17/h4-6,8-9,18H,3,7,10-16H2,1-2H3,(H2,21,22,23). The van der Waals surface area contributed by atoms with E-state index in [-0.39, 0.29) is 23.6 Å². The van der Waals surface area contributed by atoms with Gasteiger partial charge in [0.05, 0.1) is 18.1 Å². The number of nitrogens with one attached hydrogen (secondary N) is 2. The van der Waals surface area contributed by atoms with Crippen LogP contribution < -0.4 is 10.6 Å². The van der Waals surface area contributed by atoms with E-state index < -0.39 is 9.84 Å². The maximum absolute atomic E-state index is 12.2. The highest BCUT2D eigenvalue weighted by Gasteiger charge is 2.24. The summed E-state index contributed by atoms with van der Waals surface area (Å²) >= 11 is 0. The number of piperidine rings is 1. The van der Waals surface area contributed by atoms with E-state index in [1.165, 1.54) is 0 Å². The number of likely N-dealkylation sites (tertiary alicyclic amines) is 1. The smallest absolute Gasteiger partial charge is 0.409 e. The van der Waals surface area contributed by atoms with Gasteiger partial charge in [-0.25, -0.2) is 13.2 Å². The van der Waals surface area contributed by atoms with Crippen molar-refractivity contribution < 1.29 is 17.9 Å². The van der Waals surface area contributed by atoms with Gasteiger partial charge in [0, 0.05) is 32.7 Å². The maximum atomic E-state index is 12.2. The number of ether oxygens (including phenoxy) is 1. The molecule has 1 amide bonds. The lowest BCUT2D eigenvalue weighted by molar-refractivity contribution is 0.0963. The van der Waals surface area contributed by atoms with Crippen LogP contribution in [0.4, 0.5) is 4.79 Å². The lowest BCUT2D eigenvalue weighted by Crippen LogP contribution is -2.50. The first-order valence-corrected chi connectivity index (χ1v) is 11.9. The molecule has 1 heterocycles. The first-order valence-electron chi connectivity index (χ1n) is 10.1. The van der Waals surface area contributed by atoms with Crippen LogP contribution >= 0.6 is 0 Å². The zero-order valence-electron chi connectivity index (χ0n) is 17.3. The van der Waals surface area contributed by atoms with Crippen LogP contribution in [0, 0.1) is 0 Å². The van der Waals surface area contributed by atoms with Gasteiger partial charge in [0.2, 0.25) is 0 Å². The molecule has 0 atom stereocenters. The van der Waals surface area contributed by atoms with Crippen LogP contribution in [0.25, 0.3) is 0 Å². The number of carbonyl (C=O) groups is 1. The van der Waals surface area contributed by atoms with E-state index in [0.29, 0.717) is 38.6 Å². The SMILES string of the molecule is CCOC(=O)N1CCC(NC(=NC)NCCCS(=O)(=O)Cc2ccccc2)CC1. The molecular weight excluding hydrogens is 392 g/mol. The van der Waals surface area contributed by atoms with Crippen LogP contribution in [-0.2, 0) is 20.3 Å². The minimum Gasteiger partial charge on any atom is -0.450 e. The van der Waals surface area contributed by atoms with Crippen molar-refractivity contribution >= 4 is 21.9 Å². The number of nitrogens with zero attached hydrogens (tertiary/aromatic N) is 2. The number of amides is 1. The Morgan fingerprint density at radius 3 is 2.55 bits per heavy atom. The van der Waals surface area contributed by atoms with Crippen LogP contribution in [0.2, 0.25) is 0 Å². The number of rotatable bonds is 8. The summed E-state index contributed by atoms with van der Waals surface area (Å²) in [7, 11) is -1.45. The minimum atomic E-state index is -3.14.